The zero-order valence-corrected chi connectivity index (χ0v) is 15.5. The van der Waals surface area contributed by atoms with Gasteiger partial charge in [0.2, 0.25) is 10.0 Å². The van der Waals surface area contributed by atoms with E-state index >= 15 is 0 Å². The molecule has 0 radical (unpaired) electrons. The fourth-order valence-corrected chi connectivity index (χ4v) is 3.73. The molecule has 1 aliphatic rings. The molecule has 1 aromatic heterocycles. The van der Waals surface area contributed by atoms with E-state index in [1.807, 2.05) is 0 Å². The minimum Gasteiger partial charge on any atom is -0.466 e. The van der Waals surface area contributed by atoms with Crippen molar-refractivity contribution < 1.29 is 22.7 Å². The van der Waals surface area contributed by atoms with Crippen LogP contribution in [0.1, 0.15) is 29.0 Å². The normalized spacial score (nSPS) is 17.1. The summed E-state index contributed by atoms with van der Waals surface area (Å²) in [7, 11) is -0.643. The van der Waals surface area contributed by atoms with Gasteiger partial charge in [0, 0.05) is 19.7 Å². The minimum absolute atomic E-state index is 0.0295. The number of aliphatic hydroxyl groups is 1. The van der Waals surface area contributed by atoms with E-state index in [0.717, 1.165) is 17.1 Å². The molecule has 1 heterocycles. The van der Waals surface area contributed by atoms with E-state index in [9.17, 15) is 18.3 Å². The van der Waals surface area contributed by atoms with Gasteiger partial charge in [0.15, 0.2) is 0 Å². The highest BCUT2D eigenvalue weighted by molar-refractivity contribution is 7.89. The van der Waals surface area contributed by atoms with Crippen LogP contribution >= 0.6 is 0 Å². The van der Waals surface area contributed by atoms with Crippen LogP contribution in [0, 0.1) is 5.92 Å². The molecule has 2 N–H and O–H groups in total. The molecule has 0 saturated heterocycles. The Bertz CT molecular complexity index is 871. The summed E-state index contributed by atoms with van der Waals surface area (Å²) in [6, 6.07) is 9.09. The Morgan fingerprint density at radius 2 is 1.92 bits per heavy atom. The first-order valence-corrected chi connectivity index (χ1v) is 9.76. The van der Waals surface area contributed by atoms with Gasteiger partial charge in [-0.25, -0.2) is 12.7 Å². The third-order valence-corrected chi connectivity index (χ3v) is 6.44. The van der Waals surface area contributed by atoms with Gasteiger partial charge < -0.3 is 14.8 Å². The Hall–Kier alpha value is -2.16. The third kappa shape index (κ3) is 3.53. The number of amides is 1. The van der Waals surface area contributed by atoms with Crippen LogP contribution in [0.5, 0.6) is 0 Å². The highest BCUT2D eigenvalue weighted by atomic mass is 32.2. The molecule has 2 aromatic rings. The maximum absolute atomic E-state index is 12.4. The zero-order chi connectivity index (χ0) is 18.9. The fourth-order valence-electron chi connectivity index (χ4n) is 2.82. The number of hydrogen-bond donors (Lipinski definition) is 2. The summed E-state index contributed by atoms with van der Waals surface area (Å²) in [5.74, 6) is 0.110. The van der Waals surface area contributed by atoms with Crippen molar-refractivity contribution in [2.75, 3.05) is 20.6 Å². The van der Waals surface area contributed by atoms with Crippen molar-refractivity contribution >= 4 is 15.9 Å². The SMILES string of the molecule is CN(C)S(=O)(=O)c1ccc(C(=O)NCC(O)(c2ccco2)C2CC2)cc1. The summed E-state index contributed by atoms with van der Waals surface area (Å²) < 4.78 is 30.6. The largest absolute Gasteiger partial charge is 0.466 e. The van der Waals surface area contributed by atoms with Crippen LogP contribution in [-0.4, -0.2) is 44.4 Å². The molecule has 26 heavy (non-hydrogen) atoms. The van der Waals surface area contributed by atoms with Gasteiger partial charge in [-0.3, -0.25) is 4.79 Å². The maximum atomic E-state index is 12.4. The smallest absolute Gasteiger partial charge is 0.251 e. The second kappa shape index (κ2) is 6.86. The second-order valence-corrected chi connectivity index (χ2v) is 8.82. The first kappa shape index (κ1) is 18.6. The molecule has 1 unspecified atom stereocenters. The number of nitrogens with zero attached hydrogens (tertiary/aromatic N) is 1. The molecule has 1 amide bonds. The van der Waals surface area contributed by atoms with E-state index in [2.05, 4.69) is 5.32 Å². The predicted octanol–water partition coefficient (Wildman–Crippen LogP) is 1.56. The third-order valence-electron chi connectivity index (χ3n) is 4.61. The molecular formula is C18H22N2O5S. The van der Waals surface area contributed by atoms with Crippen LogP contribution in [0.25, 0.3) is 0 Å². The van der Waals surface area contributed by atoms with Crippen molar-refractivity contribution in [2.24, 2.45) is 5.92 Å². The fraction of sp³-hybridized carbons (Fsp3) is 0.389. The summed E-state index contributed by atoms with van der Waals surface area (Å²) in [5, 5.41) is 13.6. The molecule has 0 bridgehead atoms. The summed E-state index contributed by atoms with van der Waals surface area (Å²) in [6.07, 6.45) is 3.25. The summed E-state index contributed by atoms with van der Waals surface area (Å²) >= 11 is 0. The number of hydrogen-bond acceptors (Lipinski definition) is 5. The van der Waals surface area contributed by atoms with Gasteiger partial charge in [-0.1, -0.05) is 0 Å². The van der Waals surface area contributed by atoms with Gasteiger partial charge in [0.05, 0.1) is 17.7 Å². The number of nitrogens with one attached hydrogen (secondary N) is 1. The molecule has 7 nitrogen and oxygen atoms in total. The summed E-state index contributed by atoms with van der Waals surface area (Å²) in [4.78, 5) is 12.5. The van der Waals surface area contributed by atoms with Gasteiger partial charge in [-0.2, -0.15) is 0 Å². The molecule has 1 fully saturated rings. The Morgan fingerprint density at radius 1 is 1.27 bits per heavy atom. The molecule has 0 aliphatic heterocycles. The van der Waals surface area contributed by atoms with Gasteiger partial charge in [-0.15, -0.1) is 0 Å². The molecule has 3 rings (SSSR count). The van der Waals surface area contributed by atoms with Crippen molar-refractivity contribution in [3.05, 3.63) is 54.0 Å². The van der Waals surface area contributed by atoms with Crippen LogP contribution in [-0.2, 0) is 15.6 Å². The average molecular weight is 378 g/mol. The Balaban J connectivity index is 1.70. The lowest BCUT2D eigenvalue weighted by Crippen LogP contribution is -2.42. The van der Waals surface area contributed by atoms with Gasteiger partial charge in [-0.05, 0) is 55.2 Å². The van der Waals surface area contributed by atoms with Crippen molar-refractivity contribution in [3.8, 4) is 0 Å². The van der Waals surface area contributed by atoms with Gasteiger partial charge >= 0.3 is 0 Å². The number of sulfonamides is 1. The number of rotatable bonds is 7. The van der Waals surface area contributed by atoms with Crippen LogP contribution in [0.3, 0.4) is 0 Å². The van der Waals surface area contributed by atoms with Crippen LogP contribution in [0.2, 0.25) is 0 Å². The first-order valence-electron chi connectivity index (χ1n) is 8.32. The molecule has 1 atom stereocenters. The molecular weight excluding hydrogens is 356 g/mol. The van der Waals surface area contributed by atoms with Gasteiger partial charge in [0.25, 0.3) is 5.91 Å². The van der Waals surface area contributed by atoms with E-state index in [4.69, 9.17) is 4.42 Å². The van der Waals surface area contributed by atoms with E-state index < -0.39 is 15.6 Å². The van der Waals surface area contributed by atoms with Crippen molar-refractivity contribution in [2.45, 2.75) is 23.3 Å². The standard InChI is InChI=1S/C18H22N2O5S/c1-20(2)26(23,24)15-9-5-13(6-10-15)17(21)19-12-18(22,14-7-8-14)16-4-3-11-25-16/h3-6,9-11,14,22H,7-8,12H2,1-2H3,(H,19,21). The van der Waals surface area contributed by atoms with Crippen LogP contribution < -0.4 is 5.32 Å². The van der Waals surface area contributed by atoms with E-state index in [1.165, 1.54) is 44.6 Å². The maximum Gasteiger partial charge on any atom is 0.251 e. The lowest BCUT2D eigenvalue weighted by Gasteiger charge is -2.26. The highest BCUT2D eigenvalue weighted by Gasteiger charge is 2.47. The van der Waals surface area contributed by atoms with Crippen LogP contribution in [0.15, 0.2) is 52.0 Å². The predicted molar refractivity (Wildman–Crippen MR) is 95.0 cm³/mol. The van der Waals surface area contributed by atoms with E-state index in [1.54, 1.807) is 12.1 Å². The Morgan fingerprint density at radius 3 is 2.42 bits per heavy atom. The molecule has 1 saturated carbocycles. The lowest BCUT2D eigenvalue weighted by atomic mass is 9.94. The van der Waals surface area contributed by atoms with E-state index in [0.29, 0.717) is 11.3 Å². The minimum atomic E-state index is -3.54. The van der Waals surface area contributed by atoms with Crippen molar-refractivity contribution in [3.63, 3.8) is 0 Å². The topological polar surface area (TPSA) is 99.9 Å². The molecule has 1 aromatic carbocycles. The van der Waals surface area contributed by atoms with Crippen LogP contribution in [0.4, 0.5) is 0 Å². The molecule has 0 spiro atoms. The summed E-state index contributed by atoms with van der Waals surface area (Å²) in [5.41, 5.74) is -0.909. The lowest BCUT2D eigenvalue weighted by molar-refractivity contribution is -0.00610. The number of benzene rings is 1. The van der Waals surface area contributed by atoms with Crippen molar-refractivity contribution in [1.29, 1.82) is 0 Å². The first-order chi connectivity index (χ1) is 12.2. The molecule has 1 aliphatic carbocycles. The quantitative estimate of drug-likeness (QED) is 0.762. The Kier molecular flexibility index (Phi) is 4.92. The number of furan rings is 1. The summed E-state index contributed by atoms with van der Waals surface area (Å²) in [6.45, 7) is 0.0295. The number of carbonyl (C=O) groups excluding carboxylic acids is 1. The monoisotopic (exact) mass is 378 g/mol. The number of carbonyl (C=O) groups is 1. The molecule has 8 heteroatoms. The average Bonchev–Trinajstić information content (AvgIpc) is 3.34. The zero-order valence-electron chi connectivity index (χ0n) is 14.7. The van der Waals surface area contributed by atoms with E-state index in [-0.39, 0.29) is 23.3 Å². The second-order valence-electron chi connectivity index (χ2n) is 6.67. The highest BCUT2D eigenvalue weighted by Crippen LogP contribution is 2.45. The molecule has 140 valence electrons. The Labute approximate surface area is 152 Å². The van der Waals surface area contributed by atoms with Crippen molar-refractivity contribution in [1.82, 2.24) is 9.62 Å². The van der Waals surface area contributed by atoms with Gasteiger partial charge in [0.1, 0.15) is 11.4 Å².